The topological polar surface area (TPSA) is 34.7 Å². The van der Waals surface area contributed by atoms with Gasteiger partial charge < -0.3 is 8.84 Å². The van der Waals surface area contributed by atoms with Crippen molar-refractivity contribution in [2.24, 2.45) is 4.99 Å². The van der Waals surface area contributed by atoms with E-state index in [0.29, 0.717) is 0 Å². The van der Waals surface area contributed by atoms with Gasteiger partial charge in [0.1, 0.15) is 17.1 Å². The highest BCUT2D eigenvalue weighted by molar-refractivity contribution is 6.49. The number of nitrogens with zero attached hydrogens (tertiary/aromatic N) is 1. The van der Waals surface area contributed by atoms with Crippen molar-refractivity contribution in [3.63, 3.8) is 0 Å². The summed E-state index contributed by atoms with van der Waals surface area (Å²) in [4.78, 5) is 4.90. The molecule has 0 saturated carbocycles. The third-order valence-electron chi connectivity index (χ3n) is 3.53. The van der Waals surface area contributed by atoms with Crippen LogP contribution in [0.5, 0.6) is 5.75 Å². The zero-order valence-corrected chi connectivity index (χ0v) is 15.1. The van der Waals surface area contributed by atoms with Crippen molar-refractivity contribution in [1.29, 1.82) is 0 Å². The molecular formula is C20H20NO2Si. The third kappa shape index (κ3) is 3.66. The Morgan fingerprint density at radius 3 is 2.42 bits per heavy atom. The summed E-state index contributed by atoms with van der Waals surface area (Å²) in [6.45, 7) is 6.29. The smallest absolute Gasteiger partial charge is 0.274 e. The number of hydrogen-bond acceptors (Lipinski definition) is 3. The molecule has 24 heavy (non-hydrogen) atoms. The van der Waals surface area contributed by atoms with E-state index in [1.807, 2.05) is 67.6 Å². The highest BCUT2D eigenvalue weighted by Gasteiger charge is 2.14. The second-order valence-corrected chi connectivity index (χ2v) is 7.76. The van der Waals surface area contributed by atoms with E-state index in [9.17, 15) is 0 Å². The molecule has 121 valence electrons. The summed E-state index contributed by atoms with van der Waals surface area (Å²) in [6.07, 6.45) is 1.67. The number of benzene rings is 2. The molecule has 1 radical (unpaired) electrons. The molecule has 0 amide bonds. The summed E-state index contributed by atoms with van der Waals surface area (Å²) in [5, 5.41) is 0. The van der Waals surface area contributed by atoms with Gasteiger partial charge in [0.25, 0.3) is 9.04 Å². The number of rotatable bonds is 5. The van der Waals surface area contributed by atoms with E-state index in [0.717, 1.165) is 34.0 Å². The standard InChI is InChI=1S/C20H20NO2Si/c1-15-9-7-12-17(20(15)23-24(2)3)21-19(18-13-8-14-22-18)16-10-5-4-6-11-16/h4-14H,1-3H3. The van der Waals surface area contributed by atoms with E-state index in [1.54, 1.807) is 6.26 Å². The van der Waals surface area contributed by atoms with E-state index in [-0.39, 0.29) is 0 Å². The van der Waals surface area contributed by atoms with Gasteiger partial charge in [0, 0.05) is 5.56 Å². The molecule has 2 aromatic carbocycles. The molecule has 3 rings (SSSR count). The Bertz CT molecular complexity index is 824. The van der Waals surface area contributed by atoms with Gasteiger partial charge >= 0.3 is 0 Å². The first-order valence-corrected chi connectivity index (χ1v) is 10.3. The summed E-state index contributed by atoms with van der Waals surface area (Å²) in [5.74, 6) is 1.60. The first-order chi connectivity index (χ1) is 11.6. The second kappa shape index (κ2) is 7.32. The maximum absolute atomic E-state index is 6.09. The Balaban J connectivity index is 2.14. The lowest BCUT2D eigenvalue weighted by molar-refractivity contribution is 0.557. The second-order valence-electron chi connectivity index (χ2n) is 5.74. The molecule has 0 unspecified atom stereocenters. The minimum Gasteiger partial charge on any atom is -0.541 e. The Morgan fingerprint density at radius 2 is 1.75 bits per heavy atom. The van der Waals surface area contributed by atoms with Gasteiger partial charge in [-0.25, -0.2) is 4.99 Å². The van der Waals surface area contributed by atoms with Crippen LogP contribution in [0, 0.1) is 6.92 Å². The van der Waals surface area contributed by atoms with Crippen LogP contribution in [0.1, 0.15) is 16.9 Å². The van der Waals surface area contributed by atoms with E-state index in [1.165, 1.54) is 0 Å². The average molecular weight is 334 g/mol. The molecule has 0 atom stereocenters. The molecular weight excluding hydrogens is 314 g/mol. The molecule has 4 heteroatoms. The molecule has 0 N–H and O–H groups in total. The number of aryl methyl sites for hydroxylation is 1. The predicted molar refractivity (Wildman–Crippen MR) is 99.7 cm³/mol. The maximum atomic E-state index is 6.09. The Morgan fingerprint density at radius 1 is 0.958 bits per heavy atom. The van der Waals surface area contributed by atoms with Crippen LogP contribution in [0.4, 0.5) is 5.69 Å². The van der Waals surface area contributed by atoms with Crippen LogP contribution in [0.2, 0.25) is 13.1 Å². The lowest BCUT2D eigenvalue weighted by atomic mass is 10.1. The SMILES string of the molecule is Cc1cccc(N=C(c2ccccc2)c2ccco2)c1O[Si](C)C. The zero-order valence-electron chi connectivity index (χ0n) is 14.1. The monoisotopic (exact) mass is 334 g/mol. The van der Waals surface area contributed by atoms with Crippen LogP contribution < -0.4 is 4.43 Å². The summed E-state index contributed by atoms with van der Waals surface area (Å²) in [7, 11) is -0.876. The number of furan rings is 1. The molecule has 0 spiro atoms. The van der Waals surface area contributed by atoms with E-state index in [2.05, 4.69) is 13.1 Å². The normalized spacial score (nSPS) is 11.8. The lowest BCUT2D eigenvalue weighted by Gasteiger charge is -2.14. The molecule has 0 aliphatic carbocycles. The highest BCUT2D eigenvalue weighted by atomic mass is 28.3. The van der Waals surface area contributed by atoms with Crippen molar-refractivity contribution >= 4 is 20.4 Å². The van der Waals surface area contributed by atoms with Crippen LogP contribution in [0.3, 0.4) is 0 Å². The Labute approximate surface area is 144 Å². The van der Waals surface area contributed by atoms with Crippen molar-refractivity contribution in [3.8, 4) is 5.75 Å². The molecule has 0 fully saturated rings. The molecule has 1 heterocycles. The first kappa shape index (κ1) is 16.3. The fourth-order valence-corrected chi connectivity index (χ4v) is 3.13. The minimum absolute atomic E-state index is 0.743. The van der Waals surface area contributed by atoms with Crippen LogP contribution >= 0.6 is 0 Å². The fraction of sp³-hybridized carbons (Fsp3) is 0.150. The van der Waals surface area contributed by atoms with Crippen LogP contribution in [-0.2, 0) is 0 Å². The van der Waals surface area contributed by atoms with Gasteiger partial charge in [0.05, 0.1) is 6.26 Å². The van der Waals surface area contributed by atoms with Gasteiger partial charge in [-0.2, -0.15) is 0 Å². The van der Waals surface area contributed by atoms with Crippen molar-refractivity contribution in [2.45, 2.75) is 20.0 Å². The van der Waals surface area contributed by atoms with Gasteiger partial charge in [0.2, 0.25) is 0 Å². The molecule has 0 saturated heterocycles. The summed E-state index contributed by atoms with van der Waals surface area (Å²) in [6, 6.07) is 19.9. The number of hydrogen-bond donors (Lipinski definition) is 0. The Kier molecular flexibility index (Phi) is 4.96. The summed E-state index contributed by atoms with van der Waals surface area (Å²) < 4.78 is 11.7. The molecule has 0 aliphatic rings. The van der Waals surface area contributed by atoms with Gasteiger partial charge in [-0.05, 0) is 43.8 Å². The summed E-state index contributed by atoms with van der Waals surface area (Å²) >= 11 is 0. The lowest BCUT2D eigenvalue weighted by Crippen LogP contribution is -2.12. The Hall–Kier alpha value is -2.59. The molecule has 3 aromatic rings. The van der Waals surface area contributed by atoms with Crippen molar-refractivity contribution in [1.82, 2.24) is 0 Å². The van der Waals surface area contributed by atoms with Crippen molar-refractivity contribution in [2.75, 3.05) is 0 Å². The molecule has 0 bridgehead atoms. The van der Waals surface area contributed by atoms with Crippen molar-refractivity contribution < 1.29 is 8.84 Å². The van der Waals surface area contributed by atoms with Gasteiger partial charge in [-0.3, -0.25) is 0 Å². The van der Waals surface area contributed by atoms with Gasteiger partial charge in [0.15, 0.2) is 5.76 Å². The minimum atomic E-state index is -0.876. The molecule has 1 aromatic heterocycles. The van der Waals surface area contributed by atoms with E-state index >= 15 is 0 Å². The molecule has 3 nitrogen and oxygen atoms in total. The highest BCUT2D eigenvalue weighted by Crippen LogP contribution is 2.33. The zero-order chi connectivity index (χ0) is 16.9. The van der Waals surface area contributed by atoms with Gasteiger partial charge in [-0.15, -0.1) is 0 Å². The van der Waals surface area contributed by atoms with Gasteiger partial charge in [-0.1, -0.05) is 42.5 Å². The molecule has 0 aliphatic heterocycles. The average Bonchev–Trinajstić information content (AvgIpc) is 3.10. The maximum Gasteiger partial charge on any atom is 0.274 e. The van der Waals surface area contributed by atoms with E-state index < -0.39 is 9.04 Å². The number of para-hydroxylation sites is 1. The number of aliphatic imine (C=N–C) groups is 1. The quantitative estimate of drug-likeness (QED) is 0.463. The first-order valence-electron chi connectivity index (χ1n) is 7.91. The van der Waals surface area contributed by atoms with E-state index in [4.69, 9.17) is 13.8 Å². The van der Waals surface area contributed by atoms with Crippen molar-refractivity contribution in [3.05, 3.63) is 83.8 Å². The summed E-state index contributed by atoms with van der Waals surface area (Å²) in [5.41, 5.74) is 3.74. The van der Waals surface area contributed by atoms with Crippen LogP contribution in [0.15, 0.2) is 76.3 Å². The largest absolute Gasteiger partial charge is 0.541 e. The predicted octanol–water partition coefficient (Wildman–Crippen LogP) is 5.39. The third-order valence-corrected chi connectivity index (χ3v) is 4.14. The van der Waals surface area contributed by atoms with Crippen LogP contribution in [0.25, 0.3) is 0 Å². The fourth-order valence-electron chi connectivity index (χ4n) is 2.45. The van der Waals surface area contributed by atoms with Crippen LogP contribution in [-0.4, -0.2) is 14.8 Å².